The van der Waals surface area contributed by atoms with Gasteiger partial charge >= 0.3 is 0 Å². The summed E-state index contributed by atoms with van der Waals surface area (Å²) < 4.78 is 0. The molecule has 0 heterocycles. The minimum absolute atomic E-state index is 0.420. The lowest BCUT2D eigenvalue weighted by atomic mass is 9.71. The summed E-state index contributed by atoms with van der Waals surface area (Å²) in [7, 11) is 0. The first-order chi connectivity index (χ1) is 7.85. The molecule has 1 nitrogen and oxygen atoms in total. The second-order valence-electron chi connectivity index (χ2n) is 6.54. The Kier molecular flexibility index (Phi) is 2.99. The first kappa shape index (κ1) is 11.1. The van der Waals surface area contributed by atoms with E-state index in [4.69, 9.17) is 0 Å². The van der Waals surface area contributed by atoms with E-state index in [9.17, 15) is 5.11 Å². The fraction of sp³-hybridized carbons (Fsp3) is 1.00. The van der Waals surface area contributed by atoms with Gasteiger partial charge in [-0.3, -0.25) is 0 Å². The standard InChI is InChI=1S/C15H26O/c1-2-3-11-8-12-9-14(11)15-10(6-7-16)4-5-13(12)15/h10-16H,2-9H2,1H3. The number of aliphatic hydroxyl groups is 1. The zero-order valence-electron chi connectivity index (χ0n) is 10.6. The van der Waals surface area contributed by atoms with Crippen molar-refractivity contribution < 1.29 is 5.11 Å². The Morgan fingerprint density at radius 2 is 1.88 bits per heavy atom. The van der Waals surface area contributed by atoms with E-state index >= 15 is 0 Å². The molecule has 3 aliphatic rings. The van der Waals surface area contributed by atoms with Crippen LogP contribution in [0.5, 0.6) is 0 Å². The van der Waals surface area contributed by atoms with Crippen LogP contribution in [-0.4, -0.2) is 11.7 Å². The van der Waals surface area contributed by atoms with Crippen LogP contribution >= 0.6 is 0 Å². The molecule has 16 heavy (non-hydrogen) atoms. The van der Waals surface area contributed by atoms with Crippen molar-refractivity contribution in [3.05, 3.63) is 0 Å². The van der Waals surface area contributed by atoms with E-state index in [0.29, 0.717) is 6.61 Å². The predicted octanol–water partition coefficient (Wildman–Crippen LogP) is 3.47. The van der Waals surface area contributed by atoms with Gasteiger partial charge in [0.05, 0.1) is 0 Å². The Morgan fingerprint density at radius 1 is 1.00 bits per heavy atom. The highest BCUT2D eigenvalue weighted by Gasteiger charge is 2.56. The Labute approximate surface area is 99.6 Å². The highest BCUT2D eigenvalue weighted by molar-refractivity contribution is 5.05. The Hall–Kier alpha value is -0.0400. The molecule has 3 rings (SSSR count). The fourth-order valence-electron chi connectivity index (χ4n) is 5.59. The minimum atomic E-state index is 0.420. The highest BCUT2D eigenvalue weighted by atomic mass is 16.3. The molecule has 0 saturated heterocycles. The van der Waals surface area contributed by atoms with E-state index in [1.807, 2.05) is 0 Å². The lowest BCUT2D eigenvalue weighted by Gasteiger charge is -2.34. The van der Waals surface area contributed by atoms with Crippen molar-refractivity contribution in [2.75, 3.05) is 6.61 Å². The fourth-order valence-corrected chi connectivity index (χ4v) is 5.59. The summed E-state index contributed by atoms with van der Waals surface area (Å²) in [5.74, 6) is 6.14. The van der Waals surface area contributed by atoms with E-state index in [-0.39, 0.29) is 0 Å². The lowest BCUT2D eigenvalue weighted by molar-refractivity contribution is 0.129. The normalized spacial score (nSPS) is 49.9. The number of hydrogen-bond donors (Lipinski definition) is 1. The molecular weight excluding hydrogens is 196 g/mol. The van der Waals surface area contributed by atoms with Gasteiger partial charge in [0, 0.05) is 6.61 Å². The number of fused-ring (bicyclic) bond motifs is 5. The van der Waals surface area contributed by atoms with Gasteiger partial charge in [-0.2, -0.15) is 0 Å². The molecule has 0 aromatic heterocycles. The average Bonchev–Trinajstić information content (AvgIpc) is 2.91. The van der Waals surface area contributed by atoms with Crippen molar-refractivity contribution in [2.45, 2.75) is 51.9 Å². The van der Waals surface area contributed by atoms with Crippen molar-refractivity contribution in [3.8, 4) is 0 Å². The van der Waals surface area contributed by atoms with Crippen molar-refractivity contribution >= 4 is 0 Å². The third-order valence-corrected chi connectivity index (χ3v) is 5.95. The Bertz CT molecular complexity index is 250. The summed E-state index contributed by atoms with van der Waals surface area (Å²) in [6, 6.07) is 0. The molecule has 0 spiro atoms. The molecule has 1 heteroatoms. The molecule has 2 bridgehead atoms. The molecular formula is C15H26O. The highest BCUT2D eigenvalue weighted by Crippen LogP contribution is 2.63. The molecule has 6 unspecified atom stereocenters. The molecule has 0 radical (unpaired) electrons. The molecule has 0 amide bonds. The smallest absolute Gasteiger partial charge is 0.0433 e. The van der Waals surface area contributed by atoms with Gasteiger partial charge in [0.15, 0.2) is 0 Å². The van der Waals surface area contributed by atoms with Crippen LogP contribution in [0.4, 0.5) is 0 Å². The third-order valence-electron chi connectivity index (χ3n) is 5.95. The van der Waals surface area contributed by atoms with Crippen molar-refractivity contribution in [3.63, 3.8) is 0 Å². The molecule has 92 valence electrons. The maximum absolute atomic E-state index is 9.19. The maximum Gasteiger partial charge on any atom is 0.0433 e. The predicted molar refractivity (Wildman–Crippen MR) is 66.0 cm³/mol. The van der Waals surface area contributed by atoms with Gasteiger partial charge in [0.1, 0.15) is 0 Å². The number of aliphatic hydroxyl groups excluding tert-OH is 1. The summed E-state index contributed by atoms with van der Waals surface area (Å²) in [6.45, 7) is 2.76. The maximum atomic E-state index is 9.19. The molecule has 0 aromatic carbocycles. The van der Waals surface area contributed by atoms with Crippen LogP contribution < -0.4 is 0 Å². The summed E-state index contributed by atoms with van der Waals surface area (Å²) in [5.41, 5.74) is 0. The van der Waals surface area contributed by atoms with Gasteiger partial charge in [-0.05, 0) is 67.6 Å². The first-order valence-corrected chi connectivity index (χ1v) is 7.46. The lowest BCUT2D eigenvalue weighted by Crippen LogP contribution is -2.28. The molecule has 0 aliphatic heterocycles. The number of hydrogen-bond acceptors (Lipinski definition) is 1. The Morgan fingerprint density at radius 3 is 2.62 bits per heavy atom. The number of rotatable bonds is 4. The monoisotopic (exact) mass is 222 g/mol. The third kappa shape index (κ3) is 1.54. The molecule has 1 N–H and O–H groups in total. The van der Waals surface area contributed by atoms with Crippen LogP contribution in [0.3, 0.4) is 0 Å². The zero-order chi connectivity index (χ0) is 11.1. The van der Waals surface area contributed by atoms with E-state index in [2.05, 4.69) is 6.92 Å². The largest absolute Gasteiger partial charge is 0.396 e. The molecule has 0 aromatic rings. The second-order valence-corrected chi connectivity index (χ2v) is 6.54. The average molecular weight is 222 g/mol. The summed E-state index contributed by atoms with van der Waals surface area (Å²) >= 11 is 0. The van der Waals surface area contributed by atoms with Crippen LogP contribution in [0, 0.1) is 35.5 Å². The topological polar surface area (TPSA) is 20.2 Å². The SMILES string of the molecule is CCCC1CC2CC1C1C(CCO)CCC21. The van der Waals surface area contributed by atoms with Crippen LogP contribution in [0.25, 0.3) is 0 Å². The van der Waals surface area contributed by atoms with Gasteiger partial charge in [-0.15, -0.1) is 0 Å². The van der Waals surface area contributed by atoms with E-state index < -0.39 is 0 Å². The van der Waals surface area contributed by atoms with Crippen molar-refractivity contribution in [1.82, 2.24) is 0 Å². The van der Waals surface area contributed by atoms with Crippen LogP contribution in [0.2, 0.25) is 0 Å². The van der Waals surface area contributed by atoms with Crippen molar-refractivity contribution in [1.29, 1.82) is 0 Å². The zero-order valence-corrected chi connectivity index (χ0v) is 10.6. The minimum Gasteiger partial charge on any atom is -0.396 e. The van der Waals surface area contributed by atoms with E-state index in [1.165, 1.54) is 25.7 Å². The van der Waals surface area contributed by atoms with Crippen LogP contribution in [-0.2, 0) is 0 Å². The Balaban J connectivity index is 1.72. The molecule has 6 atom stereocenters. The van der Waals surface area contributed by atoms with E-state index in [0.717, 1.165) is 41.9 Å². The van der Waals surface area contributed by atoms with Gasteiger partial charge < -0.3 is 5.11 Å². The summed E-state index contributed by atoms with van der Waals surface area (Å²) in [5, 5.41) is 9.19. The van der Waals surface area contributed by atoms with Gasteiger partial charge in [-0.25, -0.2) is 0 Å². The molecule has 3 aliphatic carbocycles. The van der Waals surface area contributed by atoms with E-state index in [1.54, 1.807) is 12.8 Å². The van der Waals surface area contributed by atoms with Gasteiger partial charge in [-0.1, -0.05) is 19.8 Å². The second kappa shape index (κ2) is 4.33. The molecule has 3 fully saturated rings. The summed E-state index contributed by atoms with van der Waals surface area (Å²) in [4.78, 5) is 0. The van der Waals surface area contributed by atoms with Crippen LogP contribution in [0.15, 0.2) is 0 Å². The van der Waals surface area contributed by atoms with Gasteiger partial charge in [0.2, 0.25) is 0 Å². The van der Waals surface area contributed by atoms with Crippen molar-refractivity contribution in [2.24, 2.45) is 35.5 Å². The summed E-state index contributed by atoms with van der Waals surface area (Å²) in [6.07, 6.45) is 9.92. The quantitative estimate of drug-likeness (QED) is 0.772. The first-order valence-electron chi connectivity index (χ1n) is 7.46. The van der Waals surface area contributed by atoms with Gasteiger partial charge in [0.25, 0.3) is 0 Å². The van der Waals surface area contributed by atoms with Crippen LogP contribution in [0.1, 0.15) is 51.9 Å². The molecule has 3 saturated carbocycles.